The first-order valence-electron chi connectivity index (χ1n) is 10.3. The molecule has 0 fully saturated rings. The minimum Gasteiger partial charge on any atom is -0.497 e. The molecule has 0 N–H and O–H groups in total. The number of rotatable bonds is 5. The van der Waals surface area contributed by atoms with E-state index in [9.17, 15) is 9.59 Å². The van der Waals surface area contributed by atoms with Crippen LogP contribution in [0.25, 0.3) is 11.0 Å². The average molecular weight is 448 g/mol. The number of nitrogens with zero attached hydrogens (tertiary/aromatic N) is 3. The standard InChI is InChI=1S/C24H21N3O4S/c1-13(2)12-18-25-26-24(32-18)27-20(14-8-10-15(30-3)11-9-14)19-21(28)16-6-4-5-7-17(16)31-22(19)23(27)29/h4-11,13,20H,12H2,1-3H3. The molecular formula is C24H21N3O4S. The highest BCUT2D eigenvalue weighted by Gasteiger charge is 2.45. The molecule has 3 heterocycles. The molecule has 0 aliphatic carbocycles. The Kier molecular flexibility index (Phi) is 5.01. The summed E-state index contributed by atoms with van der Waals surface area (Å²) in [6.07, 6.45) is 0.765. The highest BCUT2D eigenvalue weighted by molar-refractivity contribution is 7.15. The summed E-state index contributed by atoms with van der Waals surface area (Å²) >= 11 is 1.36. The number of carbonyl (C=O) groups excluding carboxylic acids is 1. The maximum Gasteiger partial charge on any atom is 0.297 e. The van der Waals surface area contributed by atoms with Crippen LogP contribution in [0.15, 0.2) is 57.7 Å². The van der Waals surface area contributed by atoms with Gasteiger partial charge in [0.2, 0.25) is 10.9 Å². The van der Waals surface area contributed by atoms with Gasteiger partial charge in [0.1, 0.15) is 16.3 Å². The van der Waals surface area contributed by atoms with Crippen LogP contribution in [0, 0.1) is 5.92 Å². The van der Waals surface area contributed by atoms with Crippen molar-refractivity contribution in [3.8, 4) is 5.75 Å². The Morgan fingerprint density at radius 1 is 1.09 bits per heavy atom. The van der Waals surface area contributed by atoms with E-state index in [-0.39, 0.29) is 11.2 Å². The molecule has 1 aliphatic heterocycles. The van der Waals surface area contributed by atoms with Gasteiger partial charge < -0.3 is 9.15 Å². The van der Waals surface area contributed by atoms with Crippen LogP contribution in [0.4, 0.5) is 5.13 Å². The Balaban J connectivity index is 1.72. The monoisotopic (exact) mass is 447 g/mol. The minimum atomic E-state index is -0.663. The second kappa shape index (κ2) is 7.87. The smallest absolute Gasteiger partial charge is 0.297 e. The first kappa shape index (κ1) is 20.4. The number of hydrogen-bond acceptors (Lipinski definition) is 7. The van der Waals surface area contributed by atoms with Gasteiger partial charge in [-0.1, -0.05) is 49.4 Å². The Morgan fingerprint density at radius 3 is 2.56 bits per heavy atom. The van der Waals surface area contributed by atoms with Crippen LogP contribution in [-0.4, -0.2) is 23.2 Å². The van der Waals surface area contributed by atoms with E-state index in [1.54, 1.807) is 31.4 Å². The molecule has 2 aromatic heterocycles. The Labute approximate surface area is 188 Å². The van der Waals surface area contributed by atoms with Gasteiger partial charge in [-0.25, -0.2) is 0 Å². The lowest BCUT2D eigenvalue weighted by Crippen LogP contribution is -2.29. The van der Waals surface area contributed by atoms with Crippen molar-refractivity contribution in [2.24, 2.45) is 5.92 Å². The summed E-state index contributed by atoms with van der Waals surface area (Å²) < 4.78 is 11.2. The third-order valence-electron chi connectivity index (χ3n) is 5.45. The average Bonchev–Trinajstić information content (AvgIpc) is 3.36. The SMILES string of the molecule is COc1ccc(C2c3c(oc4ccccc4c3=O)C(=O)N2c2nnc(CC(C)C)s2)cc1. The number of amides is 1. The van der Waals surface area contributed by atoms with Gasteiger partial charge >= 0.3 is 0 Å². The molecule has 32 heavy (non-hydrogen) atoms. The van der Waals surface area contributed by atoms with E-state index in [2.05, 4.69) is 24.0 Å². The fraction of sp³-hybridized carbons (Fsp3) is 0.250. The molecule has 0 bridgehead atoms. The number of aromatic nitrogens is 2. The summed E-state index contributed by atoms with van der Waals surface area (Å²) in [5, 5.41) is 10.3. The molecule has 0 spiro atoms. The van der Waals surface area contributed by atoms with Crippen LogP contribution in [0.1, 0.15) is 46.6 Å². The molecule has 2 aromatic carbocycles. The van der Waals surface area contributed by atoms with Crippen molar-refractivity contribution in [2.75, 3.05) is 12.0 Å². The fourth-order valence-corrected chi connectivity index (χ4v) is 5.07. The molecule has 8 heteroatoms. The maximum absolute atomic E-state index is 13.5. The third kappa shape index (κ3) is 3.27. The van der Waals surface area contributed by atoms with Crippen LogP contribution in [0.3, 0.4) is 0 Å². The maximum atomic E-state index is 13.5. The lowest BCUT2D eigenvalue weighted by molar-refractivity contribution is 0.0970. The zero-order chi connectivity index (χ0) is 22.4. The summed E-state index contributed by atoms with van der Waals surface area (Å²) in [7, 11) is 1.59. The van der Waals surface area contributed by atoms with E-state index in [1.807, 2.05) is 24.3 Å². The lowest BCUT2D eigenvalue weighted by atomic mass is 9.98. The molecule has 1 atom stereocenters. The molecule has 0 saturated carbocycles. The van der Waals surface area contributed by atoms with Crippen LogP contribution >= 0.6 is 11.3 Å². The first-order chi connectivity index (χ1) is 15.5. The Bertz CT molecular complexity index is 1370. The molecule has 1 unspecified atom stereocenters. The highest BCUT2D eigenvalue weighted by atomic mass is 32.1. The van der Waals surface area contributed by atoms with Crippen molar-refractivity contribution in [2.45, 2.75) is 26.3 Å². The quantitative estimate of drug-likeness (QED) is 0.444. The van der Waals surface area contributed by atoms with Gasteiger partial charge in [-0.3, -0.25) is 14.5 Å². The van der Waals surface area contributed by atoms with E-state index in [4.69, 9.17) is 9.15 Å². The van der Waals surface area contributed by atoms with Crippen LogP contribution < -0.4 is 15.1 Å². The Hall–Kier alpha value is -3.52. The first-order valence-corrected chi connectivity index (χ1v) is 11.1. The fourth-order valence-electron chi connectivity index (χ4n) is 3.99. The number of fused-ring (bicyclic) bond motifs is 2. The van der Waals surface area contributed by atoms with Crippen molar-refractivity contribution >= 4 is 33.3 Å². The van der Waals surface area contributed by atoms with Crippen molar-refractivity contribution < 1.29 is 13.9 Å². The second-order valence-electron chi connectivity index (χ2n) is 8.10. The van der Waals surface area contributed by atoms with Crippen LogP contribution in [0.5, 0.6) is 5.75 Å². The van der Waals surface area contributed by atoms with E-state index >= 15 is 0 Å². The third-order valence-corrected chi connectivity index (χ3v) is 6.40. The molecule has 0 saturated heterocycles. The topological polar surface area (TPSA) is 85.5 Å². The van der Waals surface area contributed by atoms with Crippen molar-refractivity contribution in [1.82, 2.24) is 10.2 Å². The Morgan fingerprint density at radius 2 is 1.84 bits per heavy atom. The zero-order valence-electron chi connectivity index (χ0n) is 17.9. The molecular weight excluding hydrogens is 426 g/mol. The number of para-hydroxylation sites is 1. The number of ether oxygens (including phenoxy) is 1. The van der Waals surface area contributed by atoms with E-state index < -0.39 is 11.9 Å². The van der Waals surface area contributed by atoms with Crippen LogP contribution in [-0.2, 0) is 6.42 Å². The number of hydrogen-bond donors (Lipinski definition) is 0. The number of benzene rings is 2. The van der Waals surface area contributed by atoms with Gasteiger partial charge in [-0.2, -0.15) is 0 Å². The van der Waals surface area contributed by atoms with Gasteiger partial charge in [-0.05, 0) is 35.7 Å². The molecule has 162 valence electrons. The summed E-state index contributed by atoms with van der Waals surface area (Å²) in [4.78, 5) is 28.6. The zero-order valence-corrected chi connectivity index (χ0v) is 18.7. The largest absolute Gasteiger partial charge is 0.497 e. The van der Waals surface area contributed by atoms with Crippen molar-refractivity contribution in [1.29, 1.82) is 0 Å². The van der Waals surface area contributed by atoms with Gasteiger partial charge in [0.25, 0.3) is 5.91 Å². The summed E-state index contributed by atoms with van der Waals surface area (Å²) in [5.41, 5.74) is 1.25. The predicted octanol–water partition coefficient (Wildman–Crippen LogP) is 4.60. The summed E-state index contributed by atoms with van der Waals surface area (Å²) in [6, 6.07) is 13.6. The number of carbonyl (C=O) groups is 1. The van der Waals surface area contributed by atoms with Crippen LogP contribution in [0.2, 0.25) is 0 Å². The molecule has 1 aliphatic rings. The lowest BCUT2D eigenvalue weighted by Gasteiger charge is -2.22. The van der Waals surface area contributed by atoms with Crippen molar-refractivity contribution in [3.63, 3.8) is 0 Å². The normalized spacial score (nSPS) is 15.6. The second-order valence-corrected chi connectivity index (χ2v) is 9.14. The minimum absolute atomic E-state index is 0.0510. The van der Waals surface area contributed by atoms with E-state index in [0.717, 1.165) is 17.0 Å². The van der Waals surface area contributed by atoms with E-state index in [1.165, 1.54) is 16.2 Å². The van der Waals surface area contributed by atoms with Crippen molar-refractivity contribution in [3.05, 3.63) is 80.6 Å². The van der Waals surface area contributed by atoms with Gasteiger partial charge in [0, 0.05) is 6.42 Å². The molecule has 4 aromatic rings. The van der Waals surface area contributed by atoms with Gasteiger partial charge in [0.05, 0.1) is 24.1 Å². The van der Waals surface area contributed by atoms with Gasteiger partial charge in [-0.15, -0.1) is 10.2 Å². The van der Waals surface area contributed by atoms with Gasteiger partial charge in [0.15, 0.2) is 5.43 Å². The summed E-state index contributed by atoms with van der Waals surface area (Å²) in [5.74, 6) is 0.754. The van der Waals surface area contributed by atoms with E-state index in [0.29, 0.717) is 33.3 Å². The number of methoxy groups -OCH3 is 1. The molecule has 7 nitrogen and oxygen atoms in total. The predicted molar refractivity (Wildman–Crippen MR) is 123 cm³/mol. The number of anilines is 1. The summed E-state index contributed by atoms with van der Waals surface area (Å²) in [6.45, 7) is 4.21. The molecule has 0 radical (unpaired) electrons. The molecule has 1 amide bonds. The molecule has 5 rings (SSSR count). The highest BCUT2D eigenvalue weighted by Crippen LogP contribution is 2.42.